The molecule has 1 heterocycles. The fourth-order valence-corrected chi connectivity index (χ4v) is 3.31. The van der Waals surface area contributed by atoms with E-state index in [2.05, 4.69) is 17.2 Å². The van der Waals surface area contributed by atoms with Gasteiger partial charge in [0, 0.05) is 41.1 Å². The molecule has 6 heteroatoms. The number of aromatic nitrogens is 2. The number of nitrogens with one attached hydrogen (secondary N) is 2. The smallest absolute Gasteiger partial charge is 0.308 e. The van der Waals surface area contributed by atoms with Gasteiger partial charge in [0.25, 0.3) is 0 Å². The van der Waals surface area contributed by atoms with Gasteiger partial charge in [0.05, 0.1) is 11.0 Å². The quantitative estimate of drug-likeness (QED) is 0.722. The summed E-state index contributed by atoms with van der Waals surface area (Å²) < 4.78 is 13.2. The van der Waals surface area contributed by atoms with Gasteiger partial charge in [-0.15, -0.1) is 0 Å². The predicted molar refractivity (Wildman–Crippen MR) is 97.8 cm³/mol. The van der Waals surface area contributed by atoms with Crippen LogP contribution in [0.1, 0.15) is 18.5 Å². The summed E-state index contributed by atoms with van der Waals surface area (Å²) in [6.45, 7) is 3.37. The summed E-state index contributed by atoms with van der Waals surface area (Å²) in [5, 5.41) is 3.43. The Kier molecular flexibility index (Phi) is 4.97. The number of H-pyrrole nitrogens is 1. The maximum Gasteiger partial charge on any atom is 0.326 e. The molecule has 0 aliphatic heterocycles. The molecular weight excluding hydrogens is 322 g/mol. The highest BCUT2D eigenvalue weighted by Gasteiger charge is 2.08. The molecule has 0 saturated carbocycles. The second-order valence-corrected chi connectivity index (χ2v) is 7.18. The van der Waals surface area contributed by atoms with Crippen molar-refractivity contribution >= 4 is 21.8 Å². The topological polar surface area (TPSA) is 66.9 Å². The van der Waals surface area contributed by atoms with E-state index in [1.807, 2.05) is 48.5 Å². The minimum atomic E-state index is -0.954. The lowest BCUT2D eigenvalue weighted by Crippen LogP contribution is -2.27. The van der Waals surface area contributed by atoms with Gasteiger partial charge < -0.3 is 10.3 Å². The van der Waals surface area contributed by atoms with Gasteiger partial charge in [-0.2, -0.15) is 0 Å². The molecular formula is C18H21N3O2S. The lowest BCUT2D eigenvalue weighted by Gasteiger charge is -2.15. The van der Waals surface area contributed by atoms with Gasteiger partial charge in [0.2, 0.25) is 0 Å². The molecule has 0 amide bonds. The largest absolute Gasteiger partial charge is 0.326 e. The number of benzene rings is 2. The van der Waals surface area contributed by atoms with E-state index >= 15 is 0 Å². The lowest BCUT2D eigenvalue weighted by molar-refractivity contribution is 0.530. The van der Waals surface area contributed by atoms with E-state index in [0.29, 0.717) is 13.1 Å². The predicted octanol–water partition coefficient (Wildman–Crippen LogP) is 2.42. The monoisotopic (exact) mass is 343 g/mol. The maximum absolute atomic E-state index is 12.0. The van der Waals surface area contributed by atoms with Crippen molar-refractivity contribution in [1.82, 2.24) is 14.9 Å². The first kappa shape index (κ1) is 16.7. The third-order valence-corrected chi connectivity index (χ3v) is 5.12. The molecule has 0 saturated heterocycles. The molecule has 0 bridgehead atoms. The Balaban J connectivity index is 1.64. The zero-order valence-corrected chi connectivity index (χ0v) is 14.6. The molecule has 2 atom stereocenters. The molecule has 126 valence electrons. The van der Waals surface area contributed by atoms with Crippen molar-refractivity contribution in [3.8, 4) is 0 Å². The standard InChI is InChI=1S/C18H21N3O2S/c1-13(14-7-9-15(10-8-14)24(2)23)19-11-12-21-17-6-4-3-5-16(17)20-18(21)22/h3-10,13,19H,11-12H2,1-2H3,(H,20,22)/t13-,24-/m1/s1. The average molecular weight is 343 g/mol. The third kappa shape index (κ3) is 3.49. The van der Waals surface area contributed by atoms with Crippen molar-refractivity contribution in [2.75, 3.05) is 12.8 Å². The van der Waals surface area contributed by atoms with Crippen LogP contribution in [0.25, 0.3) is 11.0 Å². The fourth-order valence-electron chi connectivity index (χ4n) is 2.79. The Hall–Kier alpha value is -2.18. The molecule has 3 rings (SSSR count). The number of fused-ring (bicyclic) bond motifs is 1. The second kappa shape index (κ2) is 7.15. The van der Waals surface area contributed by atoms with Gasteiger partial charge in [0.15, 0.2) is 0 Å². The van der Waals surface area contributed by atoms with Gasteiger partial charge in [-0.1, -0.05) is 24.3 Å². The van der Waals surface area contributed by atoms with Gasteiger partial charge >= 0.3 is 5.69 Å². The number of rotatable bonds is 6. The molecule has 0 aliphatic carbocycles. The van der Waals surface area contributed by atoms with Crippen molar-refractivity contribution < 1.29 is 4.21 Å². The third-order valence-electron chi connectivity index (χ3n) is 4.18. The first-order valence-corrected chi connectivity index (χ1v) is 9.46. The van der Waals surface area contributed by atoms with Gasteiger partial charge in [-0.05, 0) is 36.8 Å². The van der Waals surface area contributed by atoms with Crippen LogP contribution in [0.15, 0.2) is 58.2 Å². The molecule has 5 nitrogen and oxygen atoms in total. The Morgan fingerprint density at radius 1 is 1.17 bits per heavy atom. The van der Waals surface area contributed by atoms with Crippen molar-refractivity contribution in [2.24, 2.45) is 0 Å². The van der Waals surface area contributed by atoms with Crippen molar-refractivity contribution in [2.45, 2.75) is 24.4 Å². The van der Waals surface area contributed by atoms with E-state index in [0.717, 1.165) is 21.5 Å². The van der Waals surface area contributed by atoms with Crippen LogP contribution in [-0.2, 0) is 17.3 Å². The first-order valence-electron chi connectivity index (χ1n) is 7.90. The number of aromatic amines is 1. The molecule has 3 aromatic rings. The Labute approximate surface area is 143 Å². The highest BCUT2D eigenvalue weighted by atomic mass is 32.2. The SMILES string of the molecule is C[C@@H](NCCn1c(=O)[nH]c2ccccc21)c1ccc([S@@](C)=O)cc1. The van der Waals surface area contributed by atoms with E-state index in [1.54, 1.807) is 10.8 Å². The van der Waals surface area contributed by atoms with E-state index in [-0.39, 0.29) is 11.7 Å². The van der Waals surface area contributed by atoms with Crippen molar-refractivity contribution in [3.63, 3.8) is 0 Å². The minimum Gasteiger partial charge on any atom is -0.308 e. The summed E-state index contributed by atoms with van der Waals surface area (Å²) in [4.78, 5) is 15.7. The zero-order valence-electron chi connectivity index (χ0n) is 13.8. The Morgan fingerprint density at radius 3 is 2.58 bits per heavy atom. The highest BCUT2D eigenvalue weighted by molar-refractivity contribution is 7.84. The first-order chi connectivity index (χ1) is 11.6. The molecule has 0 unspecified atom stereocenters. The summed E-state index contributed by atoms with van der Waals surface area (Å²) >= 11 is 0. The van der Waals surface area contributed by atoms with Crippen molar-refractivity contribution in [3.05, 3.63) is 64.6 Å². The number of imidazole rings is 1. The molecule has 2 aromatic carbocycles. The summed E-state index contributed by atoms with van der Waals surface area (Å²) in [6, 6.07) is 15.6. The maximum atomic E-state index is 12.0. The van der Waals surface area contributed by atoms with Crippen LogP contribution in [0.5, 0.6) is 0 Å². The van der Waals surface area contributed by atoms with Crippen LogP contribution in [0, 0.1) is 0 Å². The summed E-state index contributed by atoms with van der Waals surface area (Å²) in [6.07, 6.45) is 1.68. The number of nitrogens with zero attached hydrogens (tertiary/aromatic N) is 1. The molecule has 2 N–H and O–H groups in total. The van der Waals surface area contributed by atoms with Crippen molar-refractivity contribution in [1.29, 1.82) is 0 Å². The lowest BCUT2D eigenvalue weighted by atomic mass is 10.1. The van der Waals surface area contributed by atoms with Crippen LogP contribution in [0.3, 0.4) is 0 Å². The minimum absolute atomic E-state index is 0.0829. The number of hydrogen-bond acceptors (Lipinski definition) is 3. The zero-order chi connectivity index (χ0) is 17.1. The van der Waals surface area contributed by atoms with Crippen LogP contribution in [0.2, 0.25) is 0 Å². The van der Waals surface area contributed by atoms with Gasteiger partial charge in [0.1, 0.15) is 0 Å². The molecule has 0 aliphatic rings. The molecule has 1 aromatic heterocycles. The van der Waals surface area contributed by atoms with E-state index < -0.39 is 10.8 Å². The number of hydrogen-bond donors (Lipinski definition) is 2. The van der Waals surface area contributed by atoms with Gasteiger partial charge in [-0.3, -0.25) is 8.78 Å². The Morgan fingerprint density at radius 2 is 1.88 bits per heavy atom. The average Bonchev–Trinajstić information content (AvgIpc) is 2.90. The highest BCUT2D eigenvalue weighted by Crippen LogP contribution is 2.15. The normalized spacial score (nSPS) is 13.9. The molecule has 0 radical (unpaired) electrons. The van der Waals surface area contributed by atoms with Crippen LogP contribution in [-0.4, -0.2) is 26.6 Å². The summed E-state index contributed by atoms with van der Waals surface area (Å²) in [5.74, 6) is 0. The van der Waals surface area contributed by atoms with E-state index in [9.17, 15) is 9.00 Å². The summed E-state index contributed by atoms with van der Waals surface area (Å²) in [7, 11) is -0.954. The van der Waals surface area contributed by atoms with Crippen LogP contribution in [0.4, 0.5) is 0 Å². The van der Waals surface area contributed by atoms with Crippen LogP contribution < -0.4 is 11.0 Å². The second-order valence-electron chi connectivity index (χ2n) is 5.80. The molecule has 24 heavy (non-hydrogen) atoms. The number of para-hydroxylation sites is 2. The van der Waals surface area contributed by atoms with Gasteiger partial charge in [-0.25, -0.2) is 4.79 Å². The van der Waals surface area contributed by atoms with Crippen LogP contribution >= 0.6 is 0 Å². The fraction of sp³-hybridized carbons (Fsp3) is 0.278. The van der Waals surface area contributed by atoms with E-state index in [1.165, 1.54) is 0 Å². The summed E-state index contributed by atoms with van der Waals surface area (Å²) in [5.41, 5.74) is 2.83. The molecule has 0 spiro atoms. The van der Waals surface area contributed by atoms with E-state index in [4.69, 9.17) is 0 Å². The molecule has 0 fully saturated rings. The Bertz CT molecular complexity index is 912.